The van der Waals surface area contributed by atoms with Gasteiger partial charge in [0.1, 0.15) is 5.82 Å². The van der Waals surface area contributed by atoms with E-state index < -0.39 is 0 Å². The first kappa shape index (κ1) is 23.1. The Morgan fingerprint density at radius 3 is 2.80 bits per heavy atom. The molecule has 0 saturated carbocycles. The van der Waals surface area contributed by atoms with E-state index in [1.54, 1.807) is 12.1 Å². The maximum absolute atomic E-state index is 13.0. The predicted octanol–water partition coefficient (Wildman–Crippen LogP) is 5.82. The van der Waals surface area contributed by atoms with Gasteiger partial charge in [0.2, 0.25) is 0 Å². The fourth-order valence-electron chi connectivity index (χ4n) is 5.12. The number of carbonyl (C=O) groups excluding carboxylic acids is 1. The molecule has 0 atom stereocenters. The van der Waals surface area contributed by atoms with Crippen molar-refractivity contribution in [3.63, 3.8) is 0 Å². The van der Waals surface area contributed by atoms with E-state index in [-0.39, 0.29) is 11.7 Å². The van der Waals surface area contributed by atoms with Gasteiger partial charge in [0.15, 0.2) is 0 Å². The number of unbranched alkanes of at least 4 members (excludes halogenated alkanes) is 1. The maximum Gasteiger partial charge on any atom is 0.337 e. The van der Waals surface area contributed by atoms with Crippen LogP contribution < -0.4 is 5.69 Å². The molecule has 0 aliphatic heterocycles. The van der Waals surface area contributed by atoms with Crippen LogP contribution in [0.1, 0.15) is 62.2 Å². The topological polar surface area (TPSA) is 81.9 Å². The first-order chi connectivity index (χ1) is 17.1. The highest BCUT2D eigenvalue weighted by Gasteiger charge is 2.20. The Hall–Kier alpha value is -3.61. The van der Waals surface area contributed by atoms with Crippen LogP contribution in [-0.4, -0.2) is 32.2 Å². The minimum absolute atomic E-state index is 0.0898. The van der Waals surface area contributed by atoms with Gasteiger partial charge >= 0.3 is 11.7 Å². The summed E-state index contributed by atoms with van der Waals surface area (Å²) in [6.07, 6.45) is 10.0. The Labute approximate surface area is 204 Å². The van der Waals surface area contributed by atoms with Gasteiger partial charge < -0.3 is 14.3 Å². The van der Waals surface area contributed by atoms with Crippen LogP contribution in [0.2, 0.25) is 0 Å². The highest BCUT2D eigenvalue weighted by Crippen LogP contribution is 2.31. The molecule has 1 aliphatic carbocycles. The molecule has 1 aliphatic rings. The zero-order valence-electron chi connectivity index (χ0n) is 20.5. The molecule has 0 unspecified atom stereocenters. The molecule has 1 N–H and O–H groups in total. The van der Waals surface area contributed by atoms with Crippen LogP contribution in [0, 0.1) is 0 Å². The Morgan fingerprint density at radius 2 is 2.03 bits per heavy atom. The number of benzene rings is 2. The number of aromatic amines is 1. The number of aryl methyl sites for hydroxylation is 2. The molecule has 0 saturated heterocycles. The number of carbonyl (C=O) groups is 1. The van der Waals surface area contributed by atoms with Crippen molar-refractivity contribution in [2.45, 2.75) is 65.0 Å². The monoisotopic (exact) mass is 472 g/mol. The molecule has 5 rings (SSSR count). The number of fused-ring (bicyclic) bond motifs is 2. The molecule has 0 fully saturated rings. The number of hydrogen-bond acceptors (Lipinski definition) is 4. The molecule has 7 nitrogen and oxygen atoms in total. The number of aromatic nitrogens is 4. The number of para-hydroxylation sites is 1. The van der Waals surface area contributed by atoms with Crippen LogP contribution in [-0.2, 0) is 17.8 Å². The van der Waals surface area contributed by atoms with Crippen molar-refractivity contribution in [1.29, 1.82) is 0 Å². The van der Waals surface area contributed by atoms with E-state index in [4.69, 9.17) is 9.72 Å². The summed E-state index contributed by atoms with van der Waals surface area (Å²) in [4.78, 5) is 33.1. The van der Waals surface area contributed by atoms with Gasteiger partial charge in [-0.2, -0.15) is 0 Å². The first-order valence-electron chi connectivity index (χ1n) is 12.6. The molecule has 2 aromatic heterocycles. The number of imidazole rings is 2. The van der Waals surface area contributed by atoms with Crippen LogP contribution in [0.5, 0.6) is 0 Å². The second-order valence-electron chi connectivity index (χ2n) is 9.28. The SMILES string of the molecule is CCCCn1c(-c2cccc3[nH]c(=O)n(CCC4=CCCCC4)c23)nc2cc(C(=O)OC)ccc21. The molecule has 2 heterocycles. The smallest absolute Gasteiger partial charge is 0.337 e. The molecule has 2 aromatic carbocycles. The number of esters is 1. The summed E-state index contributed by atoms with van der Waals surface area (Å²) in [5.41, 5.74) is 6.16. The van der Waals surface area contributed by atoms with Crippen LogP contribution in [0.4, 0.5) is 0 Å². The number of H-pyrrole nitrogens is 1. The van der Waals surface area contributed by atoms with Crippen molar-refractivity contribution in [3.8, 4) is 11.4 Å². The van der Waals surface area contributed by atoms with E-state index in [1.807, 2.05) is 28.8 Å². The van der Waals surface area contributed by atoms with Crippen molar-refractivity contribution in [2.24, 2.45) is 0 Å². The van der Waals surface area contributed by atoms with Crippen molar-refractivity contribution in [1.82, 2.24) is 19.1 Å². The summed E-state index contributed by atoms with van der Waals surface area (Å²) < 4.78 is 8.98. The molecule has 0 amide bonds. The highest BCUT2D eigenvalue weighted by atomic mass is 16.5. The highest BCUT2D eigenvalue weighted by molar-refractivity contribution is 5.96. The lowest BCUT2D eigenvalue weighted by atomic mass is 9.97. The Balaban J connectivity index is 1.65. The average molecular weight is 473 g/mol. The lowest BCUT2D eigenvalue weighted by molar-refractivity contribution is 0.0601. The Kier molecular flexibility index (Phi) is 6.57. The van der Waals surface area contributed by atoms with E-state index in [2.05, 4.69) is 22.6 Å². The van der Waals surface area contributed by atoms with Gasteiger partial charge in [0, 0.05) is 18.7 Å². The molecule has 0 bridgehead atoms. The third kappa shape index (κ3) is 4.43. The van der Waals surface area contributed by atoms with Crippen LogP contribution in [0.3, 0.4) is 0 Å². The maximum atomic E-state index is 13.0. The zero-order valence-corrected chi connectivity index (χ0v) is 20.5. The first-order valence-corrected chi connectivity index (χ1v) is 12.6. The van der Waals surface area contributed by atoms with Crippen LogP contribution in [0.15, 0.2) is 52.8 Å². The minimum atomic E-state index is -0.379. The van der Waals surface area contributed by atoms with Gasteiger partial charge in [-0.3, -0.25) is 4.57 Å². The second-order valence-corrected chi connectivity index (χ2v) is 9.28. The van der Waals surface area contributed by atoms with Gasteiger partial charge in [-0.1, -0.05) is 31.1 Å². The van der Waals surface area contributed by atoms with E-state index in [0.717, 1.165) is 72.1 Å². The number of nitrogens with zero attached hydrogens (tertiary/aromatic N) is 3. The predicted molar refractivity (Wildman–Crippen MR) is 139 cm³/mol. The summed E-state index contributed by atoms with van der Waals surface area (Å²) in [6, 6.07) is 11.5. The van der Waals surface area contributed by atoms with E-state index in [0.29, 0.717) is 12.1 Å². The number of nitrogens with one attached hydrogen (secondary N) is 1. The standard InChI is InChI=1S/C28H32N4O3/c1-3-4-16-31-24-14-13-20(27(33)35-2)18-23(24)29-26(31)21-11-8-12-22-25(21)32(28(34)30-22)17-15-19-9-6-5-7-10-19/h8-9,11-14,18H,3-7,10,15-17H2,1-2H3,(H,30,34). The van der Waals surface area contributed by atoms with Crippen LogP contribution >= 0.6 is 0 Å². The summed E-state index contributed by atoms with van der Waals surface area (Å²) in [5.74, 6) is 0.431. The summed E-state index contributed by atoms with van der Waals surface area (Å²) in [6.45, 7) is 3.61. The molecule has 0 spiro atoms. The average Bonchev–Trinajstić information content (AvgIpc) is 3.42. The van der Waals surface area contributed by atoms with Crippen molar-refractivity contribution >= 4 is 28.0 Å². The van der Waals surface area contributed by atoms with Crippen molar-refractivity contribution in [2.75, 3.05) is 7.11 Å². The number of hydrogen-bond donors (Lipinski definition) is 1. The number of allylic oxidation sites excluding steroid dienone is 2. The fraction of sp³-hybridized carbons (Fsp3) is 0.393. The Bertz CT molecular complexity index is 1470. The molecular weight excluding hydrogens is 440 g/mol. The van der Waals surface area contributed by atoms with Gasteiger partial charge in [-0.25, -0.2) is 14.6 Å². The molecule has 7 heteroatoms. The minimum Gasteiger partial charge on any atom is -0.465 e. The molecular formula is C28H32N4O3. The zero-order chi connectivity index (χ0) is 24.4. The van der Waals surface area contributed by atoms with Gasteiger partial charge in [-0.05, 0) is 68.9 Å². The largest absolute Gasteiger partial charge is 0.465 e. The molecule has 4 aromatic rings. The quantitative estimate of drug-likeness (QED) is 0.259. The number of methoxy groups -OCH3 is 1. The van der Waals surface area contributed by atoms with Crippen molar-refractivity contribution < 1.29 is 9.53 Å². The van der Waals surface area contributed by atoms with E-state index in [1.165, 1.54) is 25.5 Å². The third-order valence-corrected chi connectivity index (χ3v) is 6.98. The molecule has 182 valence electrons. The molecule has 0 radical (unpaired) electrons. The summed E-state index contributed by atoms with van der Waals surface area (Å²) in [5, 5.41) is 0. The van der Waals surface area contributed by atoms with Crippen molar-refractivity contribution in [3.05, 3.63) is 64.1 Å². The fourth-order valence-corrected chi connectivity index (χ4v) is 5.12. The summed E-state index contributed by atoms with van der Waals surface area (Å²) in [7, 11) is 1.38. The number of ether oxygens (including phenoxy) is 1. The Morgan fingerprint density at radius 1 is 1.14 bits per heavy atom. The van der Waals surface area contributed by atoms with E-state index in [9.17, 15) is 9.59 Å². The second kappa shape index (κ2) is 9.94. The lowest BCUT2D eigenvalue weighted by Crippen LogP contribution is -2.17. The third-order valence-electron chi connectivity index (χ3n) is 6.98. The number of rotatable bonds is 8. The summed E-state index contributed by atoms with van der Waals surface area (Å²) >= 11 is 0. The van der Waals surface area contributed by atoms with Gasteiger partial charge in [0.25, 0.3) is 0 Å². The normalized spacial score (nSPS) is 13.9. The van der Waals surface area contributed by atoms with Gasteiger partial charge in [0.05, 0.1) is 34.7 Å². The van der Waals surface area contributed by atoms with Gasteiger partial charge in [-0.15, -0.1) is 0 Å². The van der Waals surface area contributed by atoms with E-state index >= 15 is 0 Å². The molecule has 35 heavy (non-hydrogen) atoms. The van der Waals surface area contributed by atoms with Crippen LogP contribution in [0.25, 0.3) is 33.5 Å². The lowest BCUT2D eigenvalue weighted by Gasteiger charge is -2.14.